The van der Waals surface area contributed by atoms with Gasteiger partial charge in [0.05, 0.1) is 27.4 Å². The third kappa shape index (κ3) is 5.91. The third-order valence-corrected chi connectivity index (χ3v) is 3.92. The van der Waals surface area contributed by atoms with Gasteiger partial charge in [0.1, 0.15) is 0 Å². The number of benzene rings is 1. The minimum Gasteiger partial charge on any atom is -0.493 e. The zero-order valence-corrected chi connectivity index (χ0v) is 14.7. The average molecular weight is 351 g/mol. The fraction of sp³-hybridized carbons (Fsp3) is 0.529. The van der Waals surface area contributed by atoms with Crippen LogP contribution in [0.4, 0.5) is 0 Å². The standard InChI is InChI=1S/C17H25N3O5/c1-23-14-4-3-13(11-15(14)24-2)12-19-17(22)16(21)18-5-6-20-7-9-25-10-8-20/h3-4,11H,5-10,12H2,1-2H3,(H,18,21)(H,19,22). The number of hydrogen-bond acceptors (Lipinski definition) is 6. The largest absolute Gasteiger partial charge is 0.493 e. The molecule has 0 saturated carbocycles. The maximum atomic E-state index is 11.9. The maximum Gasteiger partial charge on any atom is 0.309 e. The van der Waals surface area contributed by atoms with Crippen molar-refractivity contribution in [1.29, 1.82) is 0 Å². The number of amides is 2. The first-order valence-electron chi connectivity index (χ1n) is 8.21. The van der Waals surface area contributed by atoms with Crippen LogP contribution in [0.3, 0.4) is 0 Å². The molecule has 2 rings (SSSR count). The molecule has 1 aliphatic rings. The van der Waals surface area contributed by atoms with Crippen molar-refractivity contribution in [3.05, 3.63) is 23.8 Å². The van der Waals surface area contributed by atoms with E-state index in [1.807, 2.05) is 0 Å². The minimum absolute atomic E-state index is 0.232. The number of methoxy groups -OCH3 is 2. The maximum absolute atomic E-state index is 11.9. The van der Waals surface area contributed by atoms with Crippen LogP contribution < -0.4 is 20.1 Å². The van der Waals surface area contributed by atoms with Crippen molar-refractivity contribution >= 4 is 11.8 Å². The van der Waals surface area contributed by atoms with Crippen molar-refractivity contribution in [2.75, 3.05) is 53.6 Å². The number of morpholine rings is 1. The summed E-state index contributed by atoms with van der Waals surface area (Å²) in [6.07, 6.45) is 0. The van der Waals surface area contributed by atoms with E-state index in [4.69, 9.17) is 14.2 Å². The summed E-state index contributed by atoms with van der Waals surface area (Å²) in [5.74, 6) is -0.104. The van der Waals surface area contributed by atoms with E-state index >= 15 is 0 Å². The second-order valence-corrected chi connectivity index (χ2v) is 5.58. The molecule has 138 valence electrons. The molecule has 1 heterocycles. The molecule has 2 N–H and O–H groups in total. The van der Waals surface area contributed by atoms with Crippen LogP contribution in [0, 0.1) is 0 Å². The van der Waals surface area contributed by atoms with Gasteiger partial charge in [-0.05, 0) is 17.7 Å². The normalized spacial score (nSPS) is 14.6. The van der Waals surface area contributed by atoms with Crippen LogP contribution in [0.5, 0.6) is 11.5 Å². The highest BCUT2D eigenvalue weighted by molar-refractivity contribution is 6.35. The summed E-state index contributed by atoms with van der Waals surface area (Å²) in [6.45, 7) is 4.49. The van der Waals surface area contributed by atoms with Gasteiger partial charge in [-0.15, -0.1) is 0 Å². The van der Waals surface area contributed by atoms with Gasteiger partial charge in [-0.2, -0.15) is 0 Å². The zero-order valence-electron chi connectivity index (χ0n) is 14.7. The Morgan fingerprint density at radius 2 is 1.76 bits per heavy atom. The van der Waals surface area contributed by atoms with Crippen LogP contribution in [0.15, 0.2) is 18.2 Å². The zero-order chi connectivity index (χ0) is 18.1. The van der Waals surface area contributed by atoms with Gasteiger partial charge in [0.2, 0.25) is 0 Å². The molecule has 0 radical (unpaired) electrons. The van der Waals surface area contributed by atoms with Gasteiger partial charge in [-0.25, -0.2) is 0 Å². The Morgan fingerprint density at radius 3 is 2.44 bits per heavy atom. The number of nitrogens with zero attached hydrogens (tertiary/aromatic N) is 1. The smallest absolute Gasteiger partial charge is 0.309 e. The Bertz CT molecular complexity index is 588. The molecule has 25 heavy (non-hydrogen) atoms. The average Bonchev–Trinajstić information content (AvgIpc) is 2.66. The number of nitrogens with one attached hydrogen (secondary N) is 2. The van der Waals surface area contributed by atoms with E-state index in [1.54, 1.807) is 32.4 Å². The molecule has 0 aromatic heterocycles. The second kappa shape index (κ2) is 9.85. The Morgan fingerprint density at radius 1 is 1.08 bits per heavy atom. The molecule has 1 fully saturated rings. The molecule has 1 aromatic carbocycles. The molecular formula is C17H25N3O5. The summed E-state index contributed by atoms with van der Waals surface area (Å²) in [4.78, 5) is 25.9. The van der Waals surface area contributed by atoms with E-state index in [9.17, 15) is 9.59 Å². The van der Waals surface area contributed by atoms with Gasteiger partial charge < -0.3 is 24.8 Å². The van der Waals surface area contributed by atoms with Gasteiger partial charge in [0.15, 0.2) is 11.5 Å². The Labute approximate surface area is 147 Å². The Hall–Kier alpha value is -2.32. The Balaban J connectivity index is 1.72. The van der Waals surface area contributed by atoms with Crippen LogP contribution in [0.1, 0.15) is 5.56 Å². The molecule has 1 saturated heterocycles. The van der Waals surface area contributed by atoms with Crippen molar-refractivity contribution in [1.82, 2.24) is 15.5 Å². The van der Waals surface area contributed by atoms with Crippen molar-refractivity contribution in [3.8, 4) is 11.5 Å². The van der Waals surface area contributed by atoms with E-state index in [2.05, 4.69) is 15.5 Å². The summed E-state index contributed by atoms with van der Waals surface area (Å²) in [7, 11) is 3.10. The molecule has 0 spiro atoms. The van der Waals surface area contributed by atoms with Crippen molar-refractivity contribution in [2.45, 2.75) is 6.54 Å². The third-order valence-electron chi connectivity index (χ3n) is 3.92. The highest BCUT2D eigenvalue weighted by atomic mass is 16.5. The molecule has 0 bridgehead atoms. The quantitative estimate of drug-likeness (QED) is 0.660. The molecule has 8 heteroatoms. The number of rotatable bonds is 7. The van der Waals surface area contributed by atoms with E-state index < -0.39 is 11.8 Å². The lowest BCUT2D eigenvalue weighted by Crippen LogP contribution is -2.44. The van der Waals surface area contributed by atoms with Crippen molar-refractivity contribution in [2.24, 2.45) is 0 Å². The summed E-state index contributed by atoms with van der Waals surface area (Å²) >= 11 is 0. The highest BCUT2D eigenvalue weighted by Gasteiger charge is 2.15. The molecule has 8 nitrogen and oxygen atoms in total. The first-order valence-corrected chi connectivity index (χ1v) is 8.21. The minimum atomic E-state index is -0.656. The summed E-state index contributed by atoms with van der Waals surface area (Å²) in [6, 6.07) is 5.32. The van der Waals surface area contributed by atoms with Gasteiger partial charge >= 0.3 is 11.8 Å². The monoisotopic (exact) mass is 351 g/mol. The van der Waals surface area contributed by atoms with Crippen molar-refractivity contribution < 1.29 is 23.8 Å². The Kier molecular flexibility index (Phi) is 7.49. The molecule has 0 unspecified atom stereocenters. The van der Waals surface area contributed by atoms with E-state index in [1.165, 1.54) is 0 Å². The van der Waals surface area contributed by atoms with Crippen LogP contribution in [0.25, 0.3) is 0 Å². The molecule has 1 aromatic rings. The summed E-state index contributed by atoms with van der Waals surface area (Å²) in [5.41, 5.74) is 0.812. The van der Waals surface area contributed by atoms with Crippen LogP contribution in [-0.2, 0) is 20.9 Å². The van der Waals surface area contributed by atoms with Gasteiger partial charge in [-0.1, -0.05) is 6.07 Å². The second-order valence-electron chi connectivity index (χ2n) is 5.58. The molecular weight excluding hydrogens is 326 g/mol. The lowest BCUT2D eigenvalue weighted by molar-refractivity contribution is -0.139. The summed E-state index contributed by atoms with van der Waals surface area (Å²) < 4.78 is 15.6. The van der Waals surface area contributed by atoms with Gasteiger partial charge in [0, 0.05) is 32.7 Å². The predicted octanol–water partition coefficient (Wildman–Crippen LogP) is -0.232. The first kappa shape index (κ1) is 19.0. The van der Waals surface area contributed by atoms with Crippen LogP contribution in [-0.4, -0.2) is 70.3 Å². The van der Waals surface area contributed by atoms with E-state index in [-0.39, 0.29) is 6.54 Å². The number of ether oxygens (including phenoxy) is 3. The highest BCUT2D eigenvalue weighted by Crippen LogP contribution is 2.27. The van der Waals surface area contributed by atoms with Gasteiger partial charge in [-0.3, -0.25) is 14.5 Å². The SMILES string of the molecule is COc1ccc(CNC(=O)C(=O)NCCN2CCOCC2)cc1OC. The molecule has 2 amide bonds. The number of carbonyl (C=O) groups excluding carboxylic acids is 2. The summed E-state index contributed by atoms with van der Waals surface area (Å²) in [5, 5.41) is 5.22. The number of hydrogen-bond donors (Lipinski definition) is 2. The van der Waals surface area contributed by atoms with Crippen LogP contribution in [0.2, 0.25) is 0 Å². The van der Waals surface area contributed by atoms with E-state index in [0.717, 1.165) is 18.7 Å². The number of carbonyl (C=O) groups is 2. The predicted molar refractivity (Wildman–Crippen MR) is 91.7 cm³/mol. The lowest BCUT2D eigenvalue weighted by Gasteiger charge is -2.26. The molecule has 0 atom stereocenters. The lowest BCUT2D eigenvalue weighted by atomic mass is 10.2. The molecule has 1 aliphatic heterocycles. The fourth-order valence-corrected chi connectivity index (χ4v) is 2.49. The fourth-order valence-electron chi connectivity index (χ4n) is 2.49. The topological polar surface area (TPSA) is 89.1 Å². The van der Waals surface area contributed by atoms with Gasteiger partial charge in [0.25, 0.3) is 0 Å². The van der Waals surface area contributed by atoms with Crippen molar-refractivity contribution in [3.63, 3.8) is 0 Å². The first-order chi connectivity index (χ1) is 12.1. The molecule has 0 aliphatic carbocycles. The van der Waals surface area contributed by atoms with Crippen LogP contribution >= 0.6 is 0 Å². The van der Waals surface area contributed by atoms with E-state index in [0.29, 0.717) is 37.8 Å².